The van der Waals surface area contributed by atoms with Crippen molar-refractivity contribution in [3.8, 4) is 0 Å². The molecule has 0 aromatic rings. The van der Waals surface area contributed by atoms with Gasteiger partial charge in [0.1, 0.15) is 0 Å². The van der Waals surface area contributed by atoms with Gasteiger partial charge in [-0.1, -0.05) is 0 Å². The van der Waals surface area contributed by atoms with Crippen LogP contribution in [0, 0.1) is 0 Å². The standard InChI is InChI=1S/C3H11GeN.3H/c1-5(2)3-4;;;/h3H2,1-2,4H3;;;/q;3*-1. The molecule has 0 unspecified atom stereocenters. The van der Waals surface area contributed by atoms with Gasteiger partial charge in [-0.3, -0.25) is 0 Å². The Balaban J connectivity index is -0.0000000267. The third-order valence-electron chi connectivity index (χ3n) is 0.632. The molecule has 0 fully saturated rings. The molecule has 0 atom stereocenters. The molecule has 0 amide bonds. The normalized spacial score (nSPS) is 10.2. The molecule has 5 heavy (non-hydrogen) atoms. The maximum absolute atomic E-state index is 2.21. The number of hydrogen-bond acceptors (Lipinski definition) is 1. The zero-order chi connectivity index (χ0) is 4.28. The molecule has 0 aliphatic heterocycles. The van der Waals surface area contributed by atoms with Gasteiger partial charge in [0.15, 0.2) is 0 Å². The molecule has 0 aliphatic rings. The summed E-state index contributed by atoms with van der Waals surface area (Å²) in [5.74, 6) is 0. The second-order valence-corrected chi connectivity index (χ2v) is 2.72. The average Bonchev–Trinajstić information content (AvgIpc) is 1.38. The quantitative estimate of drug-likeness (QED) is 0.428. The number of rotatable bonds is 1. The van der Waals surface area contributed by atoms with Gasteiger partial charge in [-0.2, -0.15) is 0 Å². The van der Waals surface area contributed by atoms with Crippen molar-refractivity contribution < 1.29 is 4.28 Å². The first-order chi connectivity index (χ1) is 2.27. The van der Waals surface area contributed by atoms with Gasteiger partial charge in [-0.15, -0.1) is 0 Å². The molecule has 0 saturated carbocycles. The molecule has 0 heterocycles. The largest absolute Gasteiger partial charge is 1.00 e. The summed E-state index contributed by atoms with van der Waals surface area (Å²) < 4.78 is 0. The first-order valence-corrected chi connectivity index (χ1v) is 4.88. The van der Waals surface area contributed by atoms with Crippen molar-refractivity contribution in [1.29, 1.82) is 0 Å². The Morgan fingerprint density at radius 1 is 1.80 bits per heavy atom. The van der Waals surface area contributed by atoms with Crippen molar-refractivity contribution in [2.45, 2.75) is 0 Å². The van der Waals surface area contributed by atoms with Crippen LogP contribution < -0.4 is 0 Å². The molecule has 0 spiro atoms. The third-order valence-corrected chi connectivity index (χ3v) is 3.29. The molecule has 0 aliphatic carbocycles. The van der Waals surface area contributed by atoms with Crippen LogP contribution in [0.1, 0.15) is 4.28 Å². The molecule has 0 N–H and O–H groups in total. The van der Waals surface area contributed by atoms with E-state index in [0.717, 1.165) is 16.5 Å². The van der Waals surface area contributed by atoms with E-state index >= 15 is 0 Å². The van der Waals surface area contributed by atoms with Crippen LogP contribution in [0.25, 0.3) is 0 Å². The summed E-state index contributed by atoms with van der Waals surface area (Å²) >= 11 is 1.01. The fourth-order valence-electron chi connectivity index (χ4n) is 0. The summed E-state index contributed by atoms with van der Waals surface area (Å²) in [4.78, 5) is 2.21. The Bertz CT molecular complexity index is 28.5. The van der Waals surface area contributed by atoms with Crippen molar-refractivity contribution in [2.24, 2.45) is 0 Å². The topological polar surface area (TPSA) is 3.24 Å². The fourth-order valence-corrected chi connectivity index (χ4v) is 0. The molecule has 0 radical (unpaired) electrons. The minimum atomic E-state index is 0. The minimum absolute atomic E-state index is 0. The fraction of sp³-hybridized carbons (Fsp3) is 1.00. The molecule has 1 nitrogen and oxygen atoms in total. The van der Waals surface area contributed by atoms with Crippen molar-refractivity contribution in [3.05, 3.63) is 0 Å². The first kappa shape index (κ1) is 5.50. The monoisotopic (exact) mass is 138 g/mol. The number of hydrogen-bond donors (Lipinski definition) is 0. The molecular weight excluding hydrogens is 123 g/mol. The van der Waals surface area contributed by atoms with E-state index in [1.54, 1.807) is 0 Å². The Morgan fingerprint density at radius 3 is 2.00 bits per heavy atom. The smallest absolute Gasteiger partial charge is 1.00 e. The third kappa shape index (κ3) is 4.50. The SMILES string of the molecule is CN(C)[CH2][GeH3].[H-].[H-].[H-]. The van der Waals surface area contributed by atoms with Crippen LogP contribution in [-0.2, 0) is 0 Å². The summed E-state index contributed by atoms with van der Waals surface area (Å²) in [6, 6.07) is 0. The van der Waals surface area contributed by atoms with Crippen LogP contribution in [0.4, 0.5) is 0 Å². The van der Waals surface area contributed by atoms with E-state index in [1.165, 1.54) is 5.38 Å². The second-order valence-electron chi connectivity index (χ2n) is 1.40. The predicted octanol–water partition coefficient (Wildman–Crippen LogP) is -0.792. The van der Waals surface area contributed by atoms with Gasteiger partial charge in [0.05, 0.1) is 0 Å². The summed E-state index contributed by atoms with van der Waals surface area (Å²) in [5, 5.41) is 1.33. The minimum Gasteiger partial charge on any atom is -1.00 e. The maximum atomic E-state index is 2.21. The van der Waals surface area contributed by atoms with Crippen LogP contribution >= 0.6 is 0 Å². The van der Waals surface area contributed by atoms with Crippen molar-refractivity contribution >= 4 is 16.5 Å². The number of nitrogens with zero attached hydrogens (tertiary/aromatic N) is 1. The van der Waals surface area contributed by atoms with Crippen molar-refractivity contribution in [1.82, 2.24) is 4.90 Å². The maximum Gasteiger partial charge on any atom is -1.00 e. The second kappa shape index (κ2) is 2.72. The van der Waals surface area contributed by atoms with E-state index in [1.807, 2.05) is 0 Å². The van der Waals surface area contributed by atoms with Gasteiger partial charge in [-0.05, 0) is 0 Å². The zero-order valence-corrected chi connectivity index (χ0v) is 8.35. The summed E-state index contributed by atoms with van der Waals surface area (Å²) in [7, 11) is 4.20. The van der Waals surface area contributed by atoms with E-state index in [4.69, 9.17) is 0 Å². The van der Waals surface area contributed by atoms with E-state index in [0.29, 0.717) is 0 Å². The van der Waals surface area contributed by atoms with Gasteiger partial charge >= 0.3 is 40.9 Å². The van der Waals surface area contributed by atoms with Gasteiger partial charge in [0.2, 0.25) is 0 Å². The Morgan fingerprint density at radius 2 is 2.00 bits per heavy atom. The van der Waals surface area contributed by atoms with Crippen LogP contribution in [0.15, 0.2) is 0 Å². The van der Waals surface area contributed by atoms with Crippen LogP contribution in [0.3, 0.4) is 0 Å². The zero-order valence-electron chi connectivity index (χ0n) is 7.15. The van der Waals surface area contributed by atoms with Gasteiger partial charge in [-0.25, -0.2) is 0 Å². The predicted molar refractivity (Wildman–Crippen MR) is 31.8 cm³/mol. The van der Waals surface area contributed by atoms with Crippen LogP contribution in [-0.4, -0.2) is 40.9 Å². The molecule has 0 aromatic carbocycles. The molecule has 0 rings (SSSR count). The van der Waals surface area contributed by atoms with E-state index in [-0.39, 0.29) is 4.28 Å². The Kier molecular flexibility index (Phi) is 3.00. The molecular formula is C3H14GeN-3. The van der Waals surface area contributed by atoms with Crippen LogP contribution in [0.5, 0.6) is 0 Å². The van der Waals surface area contributed by atoms with Crippen molar-refractivity contribution in [3.63, 3.8) is 0 Å². The van der Waals surface area contributed by atoms with E-state index < -0.39 is 0 Å². The van der Waals surface area contributed by atoms with E-state index in [9.17, 15) is 0 Å². The molecule has 0 saturated heterocycles. The van der Waals surface area contributed by atoms with Gasteiger partial charge in [0, 0.05) is 0 Å². The molecule has 2 heteroatoms. The molecule has 0 aromatic heterocycles. The Hall–Kier alpha value is 0.503. The summed E-state index contributed by atoms with van der Waals surface area (Å²) in [6.07, 6.45) is 0. The van der Waals surface area contributed by atoms with E-state index in [2.05, 4.69) is 19.0 Å². The van der Waals surface area contributed by atoms with Crippen molar-refractivity contribution in [2.75, 3.05) is 19.5 Å². The average molecular weight is 137 g/mol. The van der Waals surface area contributed by atoms with Gasteiger partial charge in [0.25, 0.3) is 0 Å². The van der Waals surface area contributed by atoms with Crippen LogP contribution in [0.2, 0.25) is 0 Å². The molecule has 38 valence electrons. The summed E-state index contributed by atoms with van der Waals surface area (Å²) in [5.41, 5.74) is 0. The molecule has 0 bridgehead atoms. The first-order valence-electron chi connectivity index (χ1n) is 1.92. The van der Waals surface area contributed by atoms with Gasteiger partial charge < -0.3 is 4.28 Å². The summed E-state index contributed by atoms with van der Waals surface area (Å²) in [6.45, 7) is 0. The Labute approximate surface area is 46.0 Å².